The minimum Gasteiger partial charge on any atom is -0.480 e. The number of likely N-dealkylation sites (N-methyl/N-ethyl adjacent to an activating group) is 1. The number of rotatable bonds is 6. The zero-order chi connectivity index (χ0) is 20.4. The third kappa shape index (κ3) is 4.82. The number of hydrogen-bond acceptors (Lipinski definition) is 3. The number of carbonyl (C=O) groups is 2. The van der Waals surface area contributed by atoms with Crippen LogP contribution in [0.5, 0.6) is 5.75 Å². The smallest absolute Gasteiger partial charge is 0.461 e. The van der Waals surface area contributed by atoms with E-state index >= 15 is 0 Å². The van der Waals surface area contributed by atoms with Crippen molar-refractivity contribution >= 4 is 40.9 Å². The number of urea groups is 1. The van der Waals surface area contributed by atoms with Gasteiger partial charge in [-0.15, -0.1) is 0 Å². The van der Waals surface area contributed by atoms with Crippen molar-refractivity contribution < 1.29 is 37.0 Å². The Balaban J connectivity index is 3.22. The average Bonchev–Trinajstić information content (AvgIpc) is 2.54. The van der Waals surface area contributed by atoms with E-state index in [4.69, 9.17) is 28.3 Å². The molecule has 0 aliphatic carbocycles. The van der Waals surface area contributed by atoms with Gasteiger partial charge in [0.2, 0.25) is 0 Å². The zero-order valence-corrected chi connectivity index (χ0v) is 15.2. The quantitative estimate of drug-likeness (QED) is 0.700. The van der Waals surface area contributed by atoms with Gasteiger partial charge in [-0.1, -0.05) is 23.2 Å². The fraction of sp³-hybridized carbons (Fsp3) is 0.429. The van der Waals surface area contributed by atoms with Crippen LogP contribution in [-0.4, -0.2) is 54.7 Å². The monoisotopic (exact) mass is 420 g/mol. The summed E-state index contributed by atoms with van der Waals surface area (Å²) in [5.74, 6) is -2.11. The number of amides is 2. The molecule has 26 heavy (non-hydrogen) atoms. The van der Waals surface area contributed by atoms with E-state index in [1.165, 1.54) is 21.0 Å². The van der Waals surface area contributed by atoms with Crippen LogP contribution in [0.4, 0.5) is 28.0 Å². The highest BCUT2D eigenvalue weighted by Gasteiger charge is 2.44. The summed E-state index contributed by atoms with van der Waals surface area (Å²) < 4.78 is 54.8. The highest BCUT2D eigenvalue weighted by atomic mass is 35.5. The number of benzene rings is 1. The van der Waals surface area contributed by atoms with Gasteiger partial charge < -0.3 is 14.7 Å². The second-order valence-corrected chi connectivity index (χ2v) is 5.98. The normalized spacial score (nSPS) is 12.7. The number of alkyl halides is 4. The molecule has 0 radical (unpaired) electrons. The van der Waals surface area contributed by atoms with E-state index in [9.17, 15) is 27.2 Å². The highest BCUT2D eigenvalue weighted by molar-refractivity contribution is 6.37. The first kappa shape index (κ1) is 22.1. The molecular formula is C14H14Cl2F4N2O4. The molecule has 1 aromatic carbocycles. The number of ether oxygens (including phenoxy) is 1. The van der Waals surface area contributed by atoms with Crippen molar-refractivity contribution in [2.75, 3.05) is 19.0 Å². The molecule has 2 amide bonds. The van der Waals surface area contributed by atoms with Crippen LogP contribution in [0.15, 0.2) is 12.1 Å². The van der Waals surface area contributed by atoms with Crippen LogP contribution in [0.3, 0.4) is 0 Å². The van der Waals surface area contributed by atoms with Gasteiger partial charge in [0, 0.05) is 20.2 Å². The third-order valence-electron chi connectivity index (χ3n) is 3.39. The predicted molar refractivity (Wildman–Crippen MR) is 86.7 cm³/mol. The molecule has 0 aliphatic rings. The van der Waals surface area contributed by atoms with E-state index in [0.717, 1.165) is 21.9 Å². The van der Waals surface area contributed by atoms with Crippen molar-refractivity contribution in [1.29, 1.82) is 0 Å². The van der Waals surface area contributed by atoms with Gasteiger partial charge in [-0.25, -0.2) is 9.59 Å². The molecule has 6 nitrogen and oxygen atoms in total. The predicted octanol–water partition coefficient (Wildman–Crippen LogP) is 4.19. The number of hydrogen-bond donors (Lipinski definition) is 1. The molecule has 1 N–H and O–H groups in total. The average molecular weight is 421 g/mol. The minimum atomic E-state index is -4.81. The van der Waals surface area contributed by atoms with E-state index < -0.39 is 41.3 Å². The SMILES string of the molecule is CC(C(=O)O)N(C)C(=O)N(C)c1cc(OC(F)(F)C(F)F)c(Cl)cc1Cl. The van der Waals surface area contributed by atoms with Gasteiger partial charge >= 0.3 is 24.5 Å². The second kappa shape index (κ2) is 8.17. The molecule has 0 saturated heterocycles. The molecule has 146 valence electrons. The Morgan fingerprint density at radius 3 is 2.19 bits per heavy atom. The molecule has 0 saturated carbocycles. The molecule has 0 fully saturated rings. The van der Waals surface area contributed by atoms with E-state index in [2.05, 4.69) is 4.74 Å². The summed E-state index contributed by atoms with van der Waals surface area (Å²) in [6.45, 7) is 1.25. The fourth-order valence-electron chi connectivity index (χ4n) is 1.72. The summed E-state index contributed by atoms with van der Waals surface area (Å²) in [7, 11) is 2.38. The zero-order valence-electron chi connectivity index (χ0n) is 13.6. The van der Waals surface area contributed by atoms with E-state index in [1.807, 2.05) is 0 Å². The summed E-state index contributed by atoms with van der Waals surface area (Å²) in [6, 6.07) is -0.344. The van der Waals surface area contributed by atoms with Gasteiger partial charge in [0.15, 0.2) is 0 Å². The van der Waals surface area contributed by atoms with Crippen molar-refractivity contribution in [2.24, 2.45) is 0 Å². The van der Waals surface area contributed by atoms with Gasteiger partial charge in [0.25, 0.3) is 0 Å². The Hall–Kier alpha value is -1.94. The van der Waals surface area contributed by atoms with Crippen molar-refractivity contribution in [3.8, 4) is 5.75 Å². The van der Waals surface area contributed by atoms with Crippen molar-refractivity contribution in [3.05, 3.63) is 22.2 Å². The van der Waals surface area contributed by atoms with E-state index in [1.54, 1.807) is 0 Å². The Morgan fingerprint density at radius 1 is 1.19 bits per heavy atom. The van der Waals surface area contributed by atoms with Gasteiger partial charge in [-0.05, 0) is 13.0 Å². The van der Waals surface area contributed by atoms with E-state index in [-0.39, 0.29) is 10.7 Å². The summed E-state index contributed by atoms with van der Waals surface area (Å²) >= 11 is 11.6. The molecule has 1 atom stereocenters. The number of nitrogens with zero attached hydrogens (tertiary/aromatic N) is 2. The lowest BCUT2D eigenvalue weighted by atomic mass is 10.2. The van der Waals surface area contributed by atoms with Crippen LogP contribution in [0.25, 0.3) is 0 Å². The largest absolute Gasteiger partial charge is 0.480 e. The van der Waals surface area contributed by atoms with E-state index in [0.29, 0.717) is 0 Å². The van der Waals surface area contributed by atoms with Crippen molar-refractivity contribution in [3.63, 3.8) is 0 Å². The third-order valence-corrected chi connectivity index (χ3v) is 3.99. The lowest BCUT2D eigenvalue weighted by molar-refractivity contribution is -0.253. The number of carboxylic acid groups (broad SMARTS) is 1. The lowest BCUT2D eigenvalue weighted by Gasteiger charge is -2.28. The molecule has 12 heteroatoms. The second-order valence-electron chi connectivity index (χ2n) is 5.17. The van der Waals surface area contributed by atoms with Gasteiger partial charge in [0.1, 0.15) is 11.8 Å². The molecule has 0 heterocycles. The molecule has 1 rings (SSSR count). The lowest BCUT2D eigenvalue weighted by Crippen LogP contribution is -2.46. The number of anilines is 1. The number of halogens is 6. The van der Waals surface area contributed by atoms with Crippen LogP contribution < -0.4 is 9.64 Å². The van der Waals surface area contributed by atoms with Crippen LogP contribution in [0.2, 0.25) is 10.0 Å². The first-order chi connectivity index (χ1) is 11.8. The first-order valence-corrected chi connectivity index (χ1v) is 7.62. The van der Waals surface area contributed by atoms with Gasteiger partial charge in [-0.3, -0.25) is 4.90 Å². The molecule has 1 unspecified atom stereocenters. The summed E-state index contributed by atoms with van der Waals surface area (Å²) in [4.78, 5) is 25.0. The molecule has 1 aromatic rings. The summed E-state index contributed by atoms with van der Waals surface area (Å²) in [5, 5.41) is 8.29. The fourth-order valence-corrected chi connectivity index (χ4v) is 2.26. The Bertz CT molecular complexity index is 706. The number of aliphatic carboxylic acids is 1. The first-order valence-electron chi connectivity index (χ1n) is 6.87. The maximum Gasteiger partial charge on any atom is 0.461 e. The standard InChI is InChI=1S/C14H14Cl2F4N2O4/c1-6(11(23)24)21(2)13(25)22(3)9-5-10(8(16)4-7(9)15)26-14(19,20)12(17)18/h4-6,12H,1-3H3,(H,23,24). The van der Waals surface area contributed by atoms with Crippen molar-refractivity contribution in [1.82, 2.24) is 4.90 Å². The molecule has 0 aliphatic heterocycles. The Morgan fingerprint density at radius 2 is 1.73 bits per heavy atom. The summed E-state index contributed by atoms with van der Waals surface area (Å²) in [6.07, 6.45) is -8.93. The molecular weight excluding hydrogens is 407 g/mol. The van der Waals surface area contributed by atoms with Crippen LogP contribution in [-0.2, 0) is 4.79 Å². The Kier molecular flexibility index (Phi) is 6.95. The topological polar surface area (TPSA) is 70.1 Å². The molecule has 0 spiro atoms. The number of carboxylic acids is 1. The highest BCUT2D eigenvalue weighted by Crippen LogP contribution is 2.39. The van der Waals surface area contributed by atoms with Crippen LogP contribution in [0.1, 0.15) is 6.92 Å². The van der Waals surface area contributed by atoms with Gasteiger partial charge in [0.05, 0.1) is 15.7 Å². The minimum absolute atomic E-state index is 0.171. The van der Waals surface area contributed by atoms with Gasteiger partial charge in [-0.2, -0.15) is 17.6 Å². The Labute approximate surface area is 155 Å². The maximum absolute atomic E-state index is 13.1. The van der Waals surface area contributed by atoms with Crippen LogP contribution in [0, 0.1) is 0 Å². The molecule has 0 bridgehead atoms. The maximum atomic E-state index is 13.1. The van der Waals surface area contributed by atoms with Crippen molar-refractivity contribution in [2.45, 2.75) is 25.5 Å². The summed E-state index contributed by atoms with van der Waals surface area (Å²) in [5.41, 5.74) is -0.203. The number of carbonyl (C=O) groups excluding carboxylic acids is 1. The molecule has 0 aromatic heterocycles. The van der Waals surface area contributed by atoms with Crippen LogP contribution >= 0.6 is 23.2 Å².